The van der Waals surface area contributed by atoms with Gasteiger partial charge in [-0.1, -0.05) is 72.4 Å². The number of aryl methyl sites for hydroxylation is 1. The van der Waals surface area contributed by atoms with Crippen LogP contribution in [-0.2, 0) is 13.1 Å². The van der Waals surface area contributed by atoms with Gasteiger partial charge < -0.3 is 5.32 Å². The number of hydrogen-bond donors (Lipinski definition) is 2. The largest absolute Gasteiger partial charge is 0.384 e. The van der Waals surface area contributed by atoms with Crippen LogP contribution in [0.15, 0.2) is 105 Å². The molecule has 0 spiro atoms. The molecule has 0 atom stereocenters. The fourth-order valence-electron chi connectivity index (χ4n) is 3.92. The molecule has 0 fully saturated rings. The van der Waals surface area contributed by atoms with Gasteiger partial charge in [-0.15, -0.1) is 21.2 Å². The first-order valence-electron chi connectivity index (χ1n) is 13.5. The van der Waals surface area contributed by atoms with Crippen LogP contribution in [0.5, 0.6) is 0 Å². The Balaban J connectivity index is 0.000000592. The van der Waals surface area contributed by atoms with E-state index in [1.54, 1.807) is 18.8 Å². The molecule has 0 aliphatic heterocycles. The number of benzene rings is 3. The van der Waals surface area contributed by atoms with Crippen molar-refractivity contribution in [1.82, 2.24) is 10.0 Å². The van der Waals surface area contributed by atoms with E-state index in [-0.39, 0.29) is 4.90 Å². The standard InChI is InChI=1S/C28H30F2N2S.C7H13NS/c1-20-8-6-7-9-26(20)21(2)16-22(3)31-18-23-10-12-24(13-11-23)19-32-33(4,5)28-17-25(29)14-15-27(28)30;1-6(2)7(9-4)5-8-3/h6-17,31-32H,2,4-5,18-19H2,1,3H3;5H,1-4H3/b22-16+;. The lowest BCUT2D eigenvalue weighted by Gasteiger charge is -2.18. The third-order valence-corrected chi connectivity index (χ3v) is 9.11. The molecule has 3 rings (SSSR count). The summed E-state index contributed by atoms with van der Waals surface area (Å²) >= 11 is 1.73. The Morgan fingerprint density at radius 1 is 0.952 bits per heavy atom. The summed E-state index contributed by atoms with van der Waals surface area (Å²) in [6.07, 6.45) is 6.00. The van der Waals surface area contributed by atoms with Gasteiger partial charge in [-0.05, 0) is 86.1 Å². The summed E-state index contributed by atoms with van der Waals surface area (Å²) in [4.78, 5) is 5.36. The Labute approximate surface area is 256 Å². The lowest BCUT2D eigenvalue weighted by Crippen LogP contribution is -2.12. The average molecular weight is 608 g/mol. The normalized spacial score (nSPS) is 11.6. The molecule has 3 nitrogen and oxygen atoms in total. The fourth-order valence-corrected chi connectivity index (χ4v) is 5.92. The molecule has 0 aliphatic carbocycles. The van der Waals surface area contributed by atoms with E-state index in [2.05, 4.69) is 78.6 Å². The Bertz CT molecular complexity index is 1550. The van der Waals surface area contributed by atoms with Gasteiger partial charge in [0.1, 0.15) is 11.6 Å². The maximum Gasteiger partial charge on any atom is 0.137 e. The molecule has 0 heterocycles. The summed E-state index contributed by atoms with van der Waals surface area (Å²) in [6, 6.07) is 19.7. The van der Waals surface area contributed by atoms with Crippen LogP contribution in [0.1, 0.15) is 43.0 Å². The minimum Gasteiger partial charge on any atom is -0.384 e. The summed E-state index contributed by atoms with van der Waals surface area (Å²) < 4.78 is 30.8. The molecule has 0 aliphatic rings. The number of halogens is 2. The number of hydrogen-bond acceptors (Lipinski definition) is 4. The Hall–Kier alpha value is -3.39. The monoisotopic (exact) mass is 607 g/mol. The highest BCUT2D eigenvalue weighted by atomic mass is 32.2. The van der Waals surface area contributed by atoms with Crippen LogP contribution in [0.25, 0.3) is 5.57 Å². The molecular formula is C35H43F2N3S2. The van der Waals surface area contributed by atoms with Crippen molar-refractivity contribution >= 4 is 44.7 Å². The molecule has 224 valence electrons. The molecule has 0 aromatic heterocycles. The molecule has 2 N–H and O–H groups in total. The smallest absolute Gasteiger partial charge is 0.137 e. The number of thioether (sulfide) groups is 1. The number of nitrogens with one attached hydrogen (secondary N) is 2. The molecule has 0 bridgehead atoms. The number of allylic oxidation sites excluding steroid dienone is 5. The zero-order valence-electron chi connectivity index (χ0n) is 25.6. The van der Waals surface area contributed by atoms with Gasteiger partial charge in [0.2, 0.25) is 0 Å². The fraction of sp³-hybridized carbons (Fsp3) is 0.229. The minimum absolute atomic E-state index is 0.179. The number of nitrogens with zero attached hydrogens (tertiary/aromatic N) is 1. The van der Waals surface area contributed by atoms with Crippen LogP contribution in [0.4, 0.5) is 8.78 Å². The van der Waals surface area contributed by atoms with Crippen molar-refractivity contribution in [1.29, 1.82) is 0 Å². The third-order valence-electron chi connectivity index (χ3n) is 6.30. The molecular weight excluding hydrogens is 565 g/mol. The SMILES string of the molecule is C=C(/C=C(\C)NCc1ccc(CNS(=C)(=C)c2cc(F)ccc2F)cc1)c1ccccc1C.CN=CC(SC)=C(C)C. The van der Waals surface area contributed by atoms with E-state index >= 15 is 0 Å². The molecule has 3 aromatic carbocycles. The summed E-state index contributed by atoms with van der Waals surface area (Å²) in [5, 5.41) is 3.42. The van der Waals surface area contributed by atoms with Crippen molar-refractivity contribution in [2.75, 3.05) is 13.3 Å². The van der Waals surface area contributed by atoms with Gasteiger partial charge in [-0.2, -0.15) is 0 Å². The van der Waals surface area contributed by atoms with Gasteiger partial charge in [-0.3, -0.25) is 9.71 Å². The first-order valence-corrected chi connectivity index (χ1v) is 16.6. The molecule has 0 saturated heterocycles. The second-order valence-electron chi connectivity index (χ2n) is 10.1. The molecule has 7 heteroatoms. The van der Waals surface area contributed by atoms with E-state index < -0.39 is 21.0 Å². The van der Waals surface area contributed by atoms with E-state index in [1.165, 1.54) is 16.0 Å². The summed E-state index contributed by atoms with van der Waals surface area (Å²) in [6.45, 7) is 13.6. The van der Waals surface area contributed by atoms with Gasteiger partial charge >= 0.3 is 0 Å². The zero-order chi connectivity index (χ0) is 31.3. The van der Waals surface area contributed by atoms with Crippen LogP contribution < -0.4 is 10.0 Å². The molecule has 42 heavy (non-hydrogen) atoms. The quantitative estimate of drug-likeness (QED) is 0.130. The highest BCUT2D eigenvalue weighted by Gasteiger charge is 2.10. The topological polar surface area (TPSA) is 36.4 Å². The van der Waals surface area contributed by atoms with Gasteiger partial charge in [0.25, 0.3) is 0 Å². The Kier molecular flexibility index (Phi) is 14.0. The highest BCUT2D eigenvalue weighted by Crippen LogP contribution is 2.31. The summed E-state index contributed by atoms with van der Waals surface area (Å²) in [5.41, 5.74) is 7.82. The Morgan fingerprint density at radius 2 is 1.57 bits per heavy atom. The second-order valence-corrected chi connectivity index (χ2v) is 13.4. The van der Waals surface area contributed by atoms with Crippen molar-refractivity contribution in [3.05, 3.63) is 129 Å². The summed E-state index contributed by atoms with van der Waals surface area (Å²) in [7, 11) is -0.383. The zero-order valence-corrected chi connectivity index (χ0v) is 27.2. The number of rotatable bonds is 11. The van der Waals surface area contributed by atoms with Crippen molar-refractivity contribution in [2.45, 2.75) is 45.7 Å². The predicted molar refractivity (Wildman–Crippen MR) is 187 cm³/mol. The van der Waals surface area contributed by atoms with Crippen LogP contribution in [-0.4, -0.2) is 31.3 Å². The van der Waals surface area contributed by atoms with Crippen molar-refractivity contribution in [2.24, 2.45) is 4.99 Å². The van der Waals surface area contributed by atoms with E-state index in [0.29, 0.717) is 13.1 Å². The highest BCUT2D eigenvalue weighted by molar-refractivity contribution is 8.26. The maximum absolute atomic E-state index is 14.1. The lowest BCUT2D eigenvalue weighted by molar-refractivity contribution is 0.576. The molecule has 0 amide bonds. The van der Waals surface area contributed by atoms with Gasteiger partial charge in [0.15, 0.2) is 0 Å². The van der Waals surface area contributed by atoms with E-state index in [0.717, 1.165) is 46.2 Å². The maximum atomic E-state index is 14.1. The third kappa shape index (κ3) is 11.1. The molecule has 0 unspecified atom stereocenters. The van der Waals surface area contributed by atoms with Crippen LogP contribution in [0.2, 0.25) is 0 Å². The minimum atomic E-state index is -2.17. The van der Waals surface area contributed by atoms with Gasteiger partial charge in [0, 0.05) is 41.8 Å². The van der Waals surface area contributed by atoms with E-state index in [9.17, 15) is 8.78 Å². The number of aliphatic imine (C=N–C) groups is 1. The first-order chi connectivity index (χ1) is 19.9. The van der Waals surface area contributed by atoms with Crippen molar-refractivity contribution in [3.63, 3.8) is 0 Å². The van der Waals surface area contributed by atoms with Gasteiger partial charge in [-0.25, -0.2) is 8.78 Å². The first kappa shape index (κ1) is 34.8. The molecule has 3 aromatic rings. The van der Waals surface area contributed by atoms with E-state index in [4.69, 9.17) is 0 Å². The van der Waals surface area contributed by atoms with Crippen LogP contribution in [0.3, 0.4) is 0 Å². The lowest BCUT2D eigenvalue weighted by atomic mass is 10.0. The van der Waals surface area contributed by atoms with E-state index in [1.807, 2.05) is 49.5 Å². The van der Waals surface area contributed by atoms with Crippen molar-refractivity contribution in [3.8, 4) is 0 Å². The molecule has 0 radical (unpaired) electrons. The van der Waals surface area contributed by atoms with Crippen LogP contribution in [0, 0.1) is 18.6 Å². The second kappa shape index (κ2) is 16.9. The van der Waals surface area contributed by atoms with Crippen LogP contribution >= 0.6 is 21.2 Å². The Morgan fingerprint density at radius 3 is 2.12 bits per heavy atom. The van der Waals surface area contributed by atoms with Crippen molar-refractivity contribution < 1.29 is 8.78 Å². The van der Waals surface area contributed by atoms with Gasteiger partial charge in [0.05, 0.1) is 0 Å². The summed E-state index contributed by atoms with van der Waals surface area (Å²) in [5.74, 6) is 7.01. The predicted octanol–water partition coefficient (Wildman–Crippen LogP) is 9.06. The molecule has 0 saturated carbocycles. The average Bonchev–Trinajstić information content (AvgIpc) is 2.96.